The summed E-state index contributed by atoms with van der Waals surface area (Å²) < 4.78 is 26.3. The van der Waals surface area contributed by atoms with E-state index in [1.807, 2.05) is 18.7 Å². The van der Waals surface area contributed by atoms with Crippen LogP contribution in [-0.4, -0.2) is 17.5 Å². The van der Waals surface area contributed by atoms with Gasteiger partial charge in [-0.15, -0.1) is 0 Å². The van der Waals surface area contributed by atoms with Crippen LogP contribution in [0.25, 0.3) is 0 Å². The van der Waals surface area contributed by atoms with Crippen molar-refractivity contribution in [3.8, 4) is 0 Å². The predicted molar refractivity (Wildman–Crippen MR) is 68.3 cm³/mol. The van der Waals surface area contributed by atoms with Crippen LogP contribution in [0.15, 0.2) is 18.2 Å². The smallest absolute Gasteiger partial charge is 0.159 e. The molecule has 1 aromatic rings. The molecule has 94 valence electrons. The molecular formula is C13H17F2NS. The molecule has 1 atom stereocenters. The highest BCUT2D eigenvalue weighted by Crippen LogP contribution is 2.46. The lowest BCUT2D eigenvalue weighted by Gasteiger charge is -2.19. The lowest BCUT2D eigenvalue weighted by atomic mass is 10.1. The first-order chi connectivity index (χ1) is 8.06. The van der Waals surface area contributed by atoms with E-state index in [-0.39, 0.29) is 6.04 Å². The predicted octanol–water partition coefficient (Wildman–Crippen LogP) is 3.51. The summed E-state index contributed by atoms with van der Waals surface area (Å²) in [5.41, 5.74) is 0.792. The first kappa shape index (κ1) is 12.8. The summed E-state index contributed by atoms with van der Waals surface area (Å²) in [6.07, 6.45) is 4.61. The summed E-state index contributed by atoms with van der Waals surface area (Å²) in [5, 5.41) is 3.39. The van der Waals surface area contributed by atoms with Gasteiger partial charge in [-0.3, -0.25) is 0 Å². The number of thioether (sulfide) groups is 1. The van der Waals surface area contributed by atoms with Gasteiger partial charge >= 0.3 is 0 Å². The lowest BCUT2D eigenvalue weighted by molar-refractivity contribution is 0.500. The summed E-state index contributed by atoms with van der Waals surface area (Å²) in [5.74, 6) is -1.56. The molecular weight excluding hydrogens is 240 g/mol. The summed E-state index contributed by atoms with van der Waals surface area (Å²) in [4.78, 5) is 0. The molecule has 0 radical (unpaired) electrons. The topological polar surface area (TPSA) is 12.0 Å². The molecule has 2 rings (SSSR count). The number of hydrogen-bond acceptors (Lipinski definition) is 2. The largest absolute Gasteiger partial charge is 0.309 e. The first-order valence-electron chi connectivity index (χ1n) is 5.80. The Morgan fingerprint density at radius 1 is 1.35 bits per heavy atom. The van der Waals surface area contributed by atoms with Crippen molar-refractivity contribution in [2.24, 2.45) is 0 Å². The third-order valence-electron chi connectivity index (χ3n) is 3.41. The number of rotatable bonds is 5. The standard InChI is InChI=1S/C13H17F2NS/c1-9(16-8-13(17-2)5-6-13)10-3-4-11(14)12(15)7-10/h3-4,7,9,16H,5-6,8H2,1-2H3. The Morgan fingerprint density at radius 2 is 2.06 bits per heavy atom. The molecule has 0 heterocycles. The molecule has 4 heteroatoms. The number of hydrogen-bond donors (Lipinski definition) is 1. The van der Waals surface area contributed by atoms with Gasteiger partial charge in [-0.1, -0.05) is 6.07 Å². The van der Waals surface area contributed by atoms with E-state index in [0.717, 1.165) is 12.1 Å². The van der Waals surface area contributed by atoms with E-state index >= 15 is 0 Å². The molecule has 1 aliphatic rings. The van der Waals surface area contributed by atoms with Crippen LogP contribution in [0.5, 0.6) is 0 Å². The quantitative estimate of drug-likeness (QED) is 0.866. The van der Waals surface area contributed by atoms with Crippen LogP contribution in [0.1, 0.15) is 31.4 Å². The lowest BCUT2D eigenvalue weighted by Crippen LogP contribution is -2.28. The fourth-order valence-corrected chi connectivity index (χ4v) is 2.57. The maximum atomic E-state index is 13.1. The highest BCUT2D eigenvalue weighted by atomic mass is 32.2. The SMILES string of the molecule is CSC1(CNC(C)c2ccc(F)c(F)c2)CC1. The van der Waals surface area contributed by atoms with Crippen LogP contribution in [0.2, 0.25) is 0 Å². The van der Waals surface area contributed by atoms with Crippen molar-refractivity contribution in [3.05, 3.63) is 35.4 Å². The summed E-state index contributed by atoms with van der Waals surface area (Å²) in [6.45, 7) is 2.90. The Hall–Kier alpha value is -0.610. The molecule has 0 aliphatic heterocycles. The van der Waals surface area contributed by atoms with Crippen molar-refractivity contribution < 1.29 is 8.78 Å². The third kappa shape index (κ3) is 2.99. The molecule has 0 saturated heterocycles. The van der Waals surface area contributed by atoms with Gasteiger partial charge in [0.2, 0.25) is 0 Å². The zero-order valence-corrected chi connectivity index (χ0v) is 10.9. The molecule has 17 heavy (non-hydrogen) atoms. The second kappa shape index (κ2) is 4.94. The molecule has 1 unspecified atom stereocenters. The van der Waals surface area contributed by atoms with Gasteiger partial charge < -0.3 is 5.32 Å². The molecule has 1 N–H and O–H groups in total. The van der Waals surface area contributed by atoms with Gasteiger partial charge in [-0.2, -0.15) is 11.8 Å². The fraction of sp³-hybridized carbons (Fsp3) is 0.538. The van der Waals surface area contributed by atoms with Gasteiger partial charge in [-0.25, -0.2) is 8.78 Å². The minimum atomic E-state index is -0.788. The Bertz CT molecular complexity index is 404. The molecule has 0 aromatic heterocycles. The summed E-state index contributed by atoms with van der Waals surface area (Å²) in [6, 6.07) is 4.14. The Balaban J connectivity index is 1.95. The zero-order valence-electron chi connectivity index (χ0n) is 10.1. The fourth-order valence-electron chi connectivity index (χ4n) is 1.83. The van der Waals surface area contributed by atoms with Gasteiger partial charge in [0.15, 0.2) is 11.6 Å². The molecule has 1 saturated carbocycles. The minimum Gasteiger partial charge on any atom is -0.309 e. The van der Waals surface area contributed by atoms with E-state index in [1.54, 1.807) is 6.07 Å². The molecule has 0 bridgehead atoms. The summed E-state index contributed by atoms with van der Waals surface area (Å²) in [7, 11) is 0. The van der Waals surface area contributed by atoms with Gasteiger partial charge in [0.05, 0.1) is 0 Å². The van der Waals surface area contributed by atoms with Crippen LogP contribution in [-0.2, 0) is 0 Å². The van der Waals surface area contributed by atoms with E-state index in [0.29, 0.717) is 4.75 Å². The van der Waals surface area contributed by atoms with Crippen LogP contribution in [0, 0.1) is 11.6 Å². The Morgan fingerprint density at radius 3 is 2.59 bits per heavy atom. The van der Waals surface area contributed by atoms with E-state index in [4.69, 9.17) is 0 Å². The average Bonchev–Trinajstić information content (AvgIpc) is 3.10. The first-order valence-corrected chi connectivity index (χ1v) is 7.02. The van der Waals surface area contributed by atoms with E-state index in [9.17, 15) is 8.78 Å². The Kier molecular flexibility index (Phi) is 3.73. The van der Waals surface area contributed by atoms with Gasteiger partial charge in [0.1, 0.15) is 0 Å². The average molecular weight is 257 g/mol. The molecule has 1 aromatic carbocycles. The van der Waals surface area contributed by atoms with Gasteiger partial charge in [0, 0.05) is 17.3 Å². The molecule has 0 spiro atoms. The van der Waals surface area contributed by atoms with E-state index < -0.39 is 11.6 Å². The number of benzene rings is 1. The zero-order chi connectivity index (χ0) is 12.5. The van der Waals surface area contributed by atoms with Crippen molar-refractivity contribution >= 4 is 11.8 Å². The van der Waals surface area contributed by atoms with Crippen LogP contribution < -0.4 is 5.32 Å². The molecule has 1 aliphatic carbocycles. The normalized spacial score (nSPS) is 19.1. The number of halogens is 2. The van der Waals surface area contributed by atoms with Gasteiger partial charge in [0.25, 0.3) is 0 Å². The van der Waals surface area contributed by atoms with Crippen molar-refractivity contribution in [1.82, 2.24) is 5.32 Å². The maximum absolute atomic E-state index is 13.1. The van der Waals surface area contributed by atoms with Gasteiger partial charge in [-0.05, 0) is 43.7 Å². The molecule has 1 nitrogen and oxygen atoms in total. The van der Waals surface area contributed by atoms with Crippen LogP contribution >= 0.6 is 11.8 Å². The van der Waals surface area contributed by atoms with E-state index in [2.05, 4.69) is 11.6 Å². The van der Waals surface area contributed by atoms with Crippen molar-refractivity contribution in [2.75, 3.05) is 12.8 Å². The van der Waals surface area contributed by atoms with Crippen molar-refractivity contribution in [2.45, 2.75) is 30.6 Å². The summed E-state index contributed by atoms with van der Waals surface area (Å²) >= 11 is 1.88. The number of nitrogens with one attached hydrogen (secondary N) is 1. The molecule has 0 amide bonds. The second-order valence-electron chi connectivity index (χ2n) is 4.66. The molecule has 1 fully saturated rings. The monoisotopic (exact) mass is 257 g/mol. The van der Waals surface area contributed by atoms with Crippen LogP contribution in [0.4, 0.5) is 8.78 Å². The van der Waals surface area contributed by atoms with Crippen molar-refractivity contribution in [1.29, 1.82) is 0 Å². The van der Waals surface area contributed by atoms with Crippen molar-refractivity contribution in [3.63, 3.8) is 0 Å². The van der Waals surface area contributed by atoms with Crippen LogP contribution in [0.3, 0.4) is 0 Å². The highest BCUT2D eigenvalue weighted by Gasteiger charge is 2.41. The minimum absolute atomic E-state index is 0.0507. The third-order valence-corrected chi connectivity index (χ3v) is 4.83. The highest BCUT2D eigenvalue weighted by molar-refractivity contribution is 8.00. The second-order valence-corrected chi connectivity index (χ2v) is 5.94. The maximum Gasteiger partial charge on any atom is 0.159 e. The Labute approximate surface area is 105 Å². The van der Waals surface area contributed by atoms with E-state index in [1.165, 1.54) is 25.0 Å².